The first-order valence-corrected chi connectivity index (χ1v) is 9.12. The molecule has 4 rings (SSSR count). The van der Waals surface area contributed by atoms with Gasteiger partial charge in [0.2, 0.25) is 0 Å². The number of aromatic nitrogens is 1. The number of carbonyl (C=O) groups is 1. The van der Waals surface area contributed by atoms with Crippen LogP contribution < -0.4 is 5.43 Å². The van der Waals surface area contributed by atoms with E-state index in [0.29, 0.717) is 31.9 Å². The number of nitrogens with zero attached hydrogens (tertiary/aromatic N) is 2. The monoisotopic (exact) mass is 353 g/mol. The summed E-state index contributed by atoms with van der Waals surface area (Å²) in [6.07, 6.45) is 0. The molecule has 2 aromatic heterocycles. The van der Waals surface area contributed by atoms with E-state index in [-0.39, 0.29) is 5.91 Å². The Kier molecular flexibility index (Phi) is 4.48. The van der Waals surface area contributed by atoms with Crippen molar-refractivity contribution >= 4 is 28.1 Å². The molecule has 0 aliphatic carbocycles. The molecule has 5 nitrogen and oxygen atoms in total. The number of thiophene rings is 1. The molecule has 0 spiro atoms. The first-order valence-electron chi connectivity index (χ1n) is 8.31. The summed E-state index contributed by atoms with van der Waals surface area (Å²) >= 11 is 1.68. The van der Waals surface area contributed by atoms with Gasteiger partial charge in [-0.15, -0.1) is 11.3 Å². The largest absolute Gasteiger partial charge is 0.379 e. The van der Waals surface area contributed by atoms with Gasteiger partial charge in [0.05, 0.1) is 34.9 Å². The summed E-state index contributed by atoms with van der Waals surface area (Å²) in [6, 6.07) is 13.8. The fourth-order valence-electron chi connectivity index (χ4n) is 2.94. The number of hydrogen-bond donors (Lipinski definition) is 1. The Balaban J connectivity index is 1.74. The first-order chi connectivity index (χ1) is 12.2. The third-order valence-corrected chi connectivity index (χ3v) is 5.25. The number of nitrogens with one attached hydrogen (secondary N) is 1. The number of amides is 1. The molecule has 0 unspecified atom stereocenters. The van der Waals surface area contributed by atoms with Crippen molar-refractivity contribution in [1.82, 2.24) is 15.4 Å². The van der Waals surface area contributed by atoms with Crippen molar-refractivity contribution in [2.24, 2.45) is 0 Å². The molecule has 0 radical (unpaired) electrons. The Hall–Kier alpha value is -2.28. The van der Waals surface area contributed by atoms with Crippen molar-refractivity contribution < 1.29 is 9.53 Å². The van der Waals surface area contributed by atoms with Gasteiger partial charge in [-0.2, -0.15) is 0 Å². The van der Waals surface area contributed by atoms with E-state index < -0.39 is 0 Å². The lowest BCUT2D eigenvalue weighted by Crippen LogP contribution is -2.48. The average Bonchev–Trinajstić information content (AvgIpc) is 3.08. The lowest BCUT2D eigenvalue weighted by Gasteiger charge is -2.27. The molecular formula is C19H19N3O2S. The Bertz CT molecular complexity index is 916. The summed E-state index contributed by atoms with van der Waals surface area (Å²) in [5.74, 6) is -0.102. The van der Waals surface area contributed by atoms with Crippen molar-refractivity contribution in [3.8, 4) is 10.6 Å². The smallest absolute Gasteiger partial charge is 0.266 e. The van der Waals surface area contributed by atoms with Crippen LogP contribution in [0.5, 0.6) is 0 Å². The molecule has 1 aliphatic rings. The summed E-state index contributed by atoms with van der Waals surface area (Å²) in [5, 5.41) is 2.78. The second kappa shape index (κ2) is 6.92. The second-order valence-corrected chi connectivity index (χ2v) is 7.31. The van der Waals surface area contributed by atoms with E-state index in [1.807, 2.05) is 35.3 Å². The Morgan fingerprint density at radius 1 is 1.20 bits per heavy atom. The van der Waals surface area contributed by atoms with E-state index in [4.69, 9.17) is 9.72 Å². The molecule has 0 bridgehead atoms. The highest BCUT2D eigenvalue weighted by molar-refractivity contribution is 7.15. The zero-order valence-electron chi connectivity index (χ0n) is 14.0. The molecular weight excluding hydrogens is 334 g/mol. The third-order valence-electron chi connectivity index (χ3n) is 4.22. The van der Waals surface area contributed by atoms with E-state index in [9.17, 15) is 4.79 Å². The number of aryl methyl sites for hydroxylation is 1. The maximum atomic E-state index is 12.9. The predicted octanol–water partition coefficient (Wildman–Crippen LogP) is 3.25. The van der Waals surface area contributed by atoms with Crippen molar-refractivity contribution in [2.75, 3.05) is 26.3 Å². The average molecular weight is 353 g/mol. The molecule has 1 aliphatic heterocycles. The van der Waals surface area contributed by atoms with E-state index in [0.717, 1.165) is 21.5 Å². The molecule has 6 heteroatoms. The van der Waals surface area contributed by atoms with E-state index in [1.165, 1.54) is 4.88 Å². The van der Waals surface area contributed by atoms with Crippen molar-refractivity contribution in [1.29, 1.82) is 0 Å². The van der Waals surface area contributed by atoms with Gasteiger partial charge in [-0.25, -0.2) is 9.99 Å². The zero-order valence-corrected chi connectivity index (χ0v) is 14.8. The number of hydrazine groups is 1. The van der Waals surface area contributed by atoms with Crippen LogP contribution in [0.15, 0.2) is 42.5 Å². The lowest BCUT2D eigenvalue weighted by molar-refractivity contribution is 0.0127. The van der Waals surface area contributed by atoms with Crippen LogP contribution in [0.4, 0.5) is 0 Å². The molecule has 25 heavy (non-hydrogen) atoms. The van der Waals surface area contributed by atoms with Crippen molar-refractivity contribution in [3.05, 3.63) is 52.9 Å². The predicted molar refractivity (Wildman–Crippen MR) is 99.7 cm³/mol. The van der Waals surface area contributed by atoms with Crippen LogP contribution in [-0.2, 0) is 4.74 Å². The van der Waals surface area contributed by atoms with Crippen LogP contribution in [0, 0.1) is 6.92 Å². The third kappa shape index (κ3) is 3.42. The van der Waals surface area contributed by atoms with Gasteiger partial charge < -0.3 is 4.74 Å². The van der Waals surface area contributed by atoms with Crippen LogP contribution in [0.1, 0.15) is 15.2 Å². The van der Waals surface area contributed by atoms with Crippen LogP contribution in [0.3, 0.4) is 0 Å². The van der Waals surface area contributed by atoms with Gasteiger partial charge in [0, 0.05) is 23.4 Å². The van der Waals surface area contributed by atoms with Gasteiger partial charge in [0.25, 0.3) is 5.91 Å². The number of morpholine rings is 1. The van der Waals surface area contributed by atoms with Gasteiger partial charge >= 0.3 is 0 Å². The lowest BCUT2D eigenvalue weighted by atomic mass is 10.1. The number of fused-ring (bicyclic) bond motifs is 1. The molecule has 1 aromatic carbocycles. The number of ether oxygens (including phenoxy) is 1. The van der Waals surface area contributed by atoms with Gasteiger partial charge in [-0.05, 0) is 31.2 Å². The van der Waals surface area contributed by atoms with Crippen LogP contribution in [0.2, 0.25) is 0 Å². The van der Waals surface area contributed by atoms with E-state index >= 15 is 0 Å². The Morgan fingerprint density at radius 3 is 2.76 bits per heavy atom. The Labute approximate surface area is 150 Å². The summed E-state index contributed by atoms with van der Waals surface area (Å²) in [7, 11) is 0. The standard InChI is InChI=1S/C19H19N3O2S/c1-13-6-7-18(25-13)17-12-15(14-4-2-3-5-16(14)20-17)19(23)21-22-8-10-24-11-9-22/h2-7,12H,8-11H2,1H3,(H,21,23). The second-order valence-electron chi connectivity index (χ2n) is 6.02. The number of hydrogen-bond acceptors (Lipinski definition) is 5. The summed E-state index contributed by atoms with van der Waals surface area (Å²) in [6.45, 7) is 4.74. The maximum absolute atomic E-state index is 12.9. The number of carbonyl (C=O) groups excluding carboxylic acids is 1. The van der Waals surface area contributed by atoms with E-state index in [2.05, 4.69) is 24.5 Å². The highest BCUT2D eigenvalue weighted by Crippen LogP contribution is 2.29. The molecule has 3 aromatic rings. The molecule has 128 valence electrons. The summed E-state index contributed by atoms with van der Waals surface area (Å²) in [4.78, 5) is 19.9. The normalized spacial score (nSPS) is 15.4. The van der Waals surface area contributed by atoms with E-state index in [1.54, 1.807) is 11.3 Å². The number of rotatable bonds is 3. The highest BCUT2D eigenvalue weighted by Gasteiger charge is 2.18. The maximum Gasteiger partial charge on any atom is 0.266 e. The minimum absolute atomic E-state index is 0.102. The van der Waals surface area contributed by atoms with Gasteiger partial charge in [0.1, 0.15) is 0 Å². The molecule has 0 atom stereocenters. The molecule has 1 saturated heterocycles. The van der Waals surface area contributed by atoms with Crippen LogP contribution in [-0.4, -0.2) is 42.2 Å². The zero-order chi connectivity index (χ0) is 17.2. The Morgan fingerprint density at radius 2 is 2.00 bits per heavy atom. The fourth-order valence-corrected chi connectivity index (χ4v) is 3.77. The molecule has 1 N–H and O–H groups in total. The summed E-state index contributed by atoms with van der Waals surface area (Å²) in [5.41, 5.74) is 5.32. The topological polar surface area (TPSA) is 54.5 Å². The van der Waals surface area contributed by atoms with Gasteiger partial charge in [0.15, 0.2) is 0 Å². The minimum Gasteiger partial charge on any atom is -0.379 e. The van der Waals surface area contributed by atoms with Crippen molar-refractivity contribution in [3.63, 3.8) is 0 Å². The number of para-hydroxylation sites is 1. The van der Waals surface area contributed by atoms with Crippen LogP contribution >= 0.6 is 11.3 Å². The number of benzene rings is 1. The quantitative estimate of drug-likeness (QED) is 0.785. The first kappa shape index (κ1) is 16.2. The summed E-state index contributed by atoms with van der Waals surface area (Å²) < 4.78 is 5.33. The van der Waals surface area contributed by atoms with Gasteiger partial charge in [-0.3, -0.25) is 10.2 Å². The molecule has 1 amide bonds. The fraction of sp³-hybridized carbons (Fsp3) is 0.263. The minimum atomic E-state index is -0.102. The molecule has 1 fully saturated rings. The molecule has 3 heterocycles. The number of pyridine rings is 1. The van der Waals surface area contributed by atoms with Crippen LogP contribution in [0.25, 0.3) is 21.5 Å². The molecule has 0 saturated carbocycles. The SMILES string of the molecule is Cc1ccc(-c2cc(C(=O)NN3CCOCC3)c3ccccc3n2)s1. The van der Waals surface area contributed by atoms with Gasteiger partial charge in [-0.1, -0.05) is 18.2 Å². The van der Waals surface area contributed by atoms with Crippen molar-refractivity contribution in [2.45, 2.75) is 6.92 Å². The highest BCUT2D eigenvalue weighted by atomic mass is 32.1.